The van der Waals surface area contributed by atoms with Gasteiger partial charge in [0.2, 0.25) is 5.91 Å². The number of carboxylic acids is 1. The van der Waals surface area contributed by atoms with Crippen molar-refractivity contribution >= 4 is 22.1 Å². The van der Waals surface area contributed by atoms with Crippen LogP contribution in [0.25, 0.3) is 0 Å². The quantitative estimate of drug-likeness (QED) is 0.720. The second-order valence-electron chi connectivity index (χ2n) is 5.23. The third kappa shape index (κ3) is 2.93. The van der Waals surface area contributed by atoms with Crippen molar-refractivity contribution in [3.05, 3.63) is 0 Å². The van der Waals surface area contributed by atoms with E-state index < -0.39 is 39.3 Å². The summed E-state index contributed by atoms with van der Waals surface area (Å²) in [6.45, 7) is 0.401. The summed E-state index contributed by atoms with van der Waals surface area (Å²) in [4.78, 5) is 24.7. The minimum Gasteiger partial charge on any atom is -0.479 e. The van der Waals surface area contributed by atoms with Crippen molar-refractivity contribution < 1.29 is 31.7 Å². The molecule has 7 nitrogen and oxygen atoms in total. The van der Waals surface area contributed by atoms with Crippen LogP contribution in [0.4, 0.5) is 3.89 Å². The molecule has 0 aromatic carbocycles. The standard InChI is InChI=1S/C11H16FNO6S/c12-20(17,18)7-8-5-9(14)13(6-8)11(10(15)16)1-3-19-4-2-11/h8H,1-7H2,(H,15,16). The van der Waals surface area contributed by atoms with E-state index in [0.717, 1.165) is 0 Å². The highest BCUT2D eigenvalue weighted by atomic mass is 32.3. The molecule has 2 fully saturated rings. The largest absolute Gasteiger partial charge is 0.479 e. The monoisotopic (exact) mass is 309 g/mol. The number of nitrogens with zero attached hydrogens (tertiary/aromatic N) is 1. The molecule has 1 amide bonds. The predicted molar refractivity (Wildman–Crippen MR) is 65.1 cm³/mol. The predicted octanol–water partition coefficient (Wildman–Crippen LogP) is -0.232. The van der Waals surface area contributed by atoms with Crippen LogP contribution in [0, 0.1) is 5.92 Å². The zero-order valence-electron chi connectivity index (χ0n) is 10.7. The van der Waals surface area contributed by atoms with E-state index in [1.165, 1.54) is 4.90 Å². The number of carbonyl (C=O) groups is 2. The second kappa shape index (κ2) is 5.28. The number of halogens is 1. The number of hydrogen-bond donors (Lipinski definition) is 1. The molecule has 2 aliphatic rings. The molecule has 20 heavy (non-hydrogen) atoms. The average molecular weight is 309 g/mol. The van der Waals surface area contributed by atoms with Gasteiger partial charge in [-0.05, 0) is 0 Å². The van der Waals surface area contributed by atoms with Gasteiger partial charge in [-0.25, -0.2) is 4.79 Å². The minimum atomic E-state index is -4.68. The van der Waals surface area contributed by atoms with E-state index in [1.54, 1.807) is 0 Å². The van der Waals surface area contributed by atoms with Crippen molar-refractivity contribution in [1.29, 1.82) is 0 Å². The minimum absolute atomic E-state index is 0.0473. The summed E-state index contributed by atoms with van der Waals surface area (Å²) in [5, 5.41) is 9.44. The lowest BCUT2D eigenvalue weighted by atomic mass is 9.88. The number of aliphatic carboxylic acids is 1. The fraction of sp³-hybridized carbons (Fsp3) is 0.818. The van der Waals surface area contributed by atoms with Gasteiger partial charge in [0.25, 0.3) is 0 Å². The lowest BCUT2D eigenvalue weighted by Gasteiger charge is -2.40. The summed E-state index contributed by atoms with van der Waals surface area (Å²) >= 11 is 0. The Hall–Kier alpha value is -1.22. The van der Waals surface area contributed by atoms with Crippen molar-refractivity contribution in [2.24, 2.45) is 5.92 Å². The van der Waals surface area contributed by atoms with Gasteiger partial charge in [-0.15, -0.1) is 3.89 Å². The van der Waals surface area contributed by atoms with Crippen molar-refractivity contribution in [3.63, 3.8) is 0 Å². The molecular formula is C11H16FNO6S. The molecule has 2 saturated heterocycles. The maximum atomic E-state index is 12.7. The van der Waals surface area contributed by atoms with E-state index in [-0.39, 0.29) is 39.0 Å². The van der Waals surface area contributed by atoms with Gasteiger partial charge in [0.05, 0.1) is 5.75 Å². The molecule has 0 aromatic heterocycles. The maximum absolute atomic E-state index is 12.7. The second-order valence-corrected chi connectivity index (χ2v) is 6.64. The lowest BCUT2D eigenvalue weighted by Crippen LogP contribution is -2.58. The van der Waals surface area contributed by atoms with Crippen LogP contribution in [0.3, 0.4) is 0 Å². The normalized spacial score (nSPS) is 26.8. The number of carbonyl (C=O) groups excluding carboxylic acids is 1. The van der Waals surface area contributed by atoms with E-state index in [0.29, 0.717) is 0 Å². The Bertz CT molecular complexity index is 513. The number of amides is 1. The Morgan fingerprint density at radius 3 is 2.55 bits per heavy atom. The Kier molecular flexibility index (Phi) is 4.01. The topological polar surface area (TPSA) is 101 Å². The summed E-state index contributed by atoms with van der Waals surface area (Å²) < 4.78 is 39.1. The molecule has 0 radical (unpaired) electrons. The van der Waals surface area contributed by atoms with E-state index in [9.17, 15) is 27.0 Å². The molecule has 0 aliphatic carbocycles. The van der Waals surface area contributed by atoms with Crippen molar-refractivity contribution in [1.82, 2.24) is 4.90 Å². The smallest absolute Gasteiger partial charge is 0.329 e. The third-order valence-corrected chi connectivity index (χ3v) is 4.74. The Balaban J connectivity index is 2.18. The average Bonchev–Trinajstić information content (AvgIpc) is 2.68. The maximum Gasteiger partial charge on any atom is 0.329 e. The fourth-order valence-electron chi connectivity index (χ4n) is 2.90. The van der Waals surface area contributed by atoms with Gasteiger partial charge in [-0.3, -0.25) is 4.79 Å². The Labute approximate surface area is 115 Å². The summed E-state index contributed by atoms with van der Waals surface area (Å²) in [5.74, 6) is -3.01. The number of likely N-dealkylation sites (tertiary alicyclic amines) is 1. The molecule has 2 rings (SSSR count). The first-order valence-corrected chi connectivity index (χ1v) is 7.84. The van der Waals surface area contributed by atoms with Crippen LogP contribution in [0.2, 0.25) is 0 Å². The molecule has 0 saturated carbocycles. The van der Waals surface area contributed by atoms with Gasteiger partial charge in [0.15, 0.2) is 0 Å². The van der Waals surface area contributed by atoms with Gasteiger partial charge in [0, 0.05) is 44.9 Å². The van der Waals surface area contributed by atoms with Crippen LogP contribution in [-0.2, 0) is 24.5 Å². The molecular weight excluding hydrogens is 293 g/mol. The van der Waals surface area contributed by atoms with Gasteiger partial charge < -0.3 is 14.7 Å². The molecule has 114 valence electrons. The molecule has 0 spiro atoms. The van der Waals surface area contributed by atoms with Gasteiger partial charge in [-0.1, -0.05) is 0 Å². The van der Waals surface area contributed by atoms with Crippen LogP contribution in [0.5, 0.6) is 0 Å². The summed E-state index contributed by atoms with van der Waals surface area (Å²) in [5.41, 5.74) is -1.36. The van der Waals surface area contributed by atoms with E-state index in [2.05, 4.69) is 0 Å². The lowest BCUT2D eigenvalue weighted by molar-refractivity contribution is -0.163. The highest BCUT2D eigenvalue weighted by Crippen LogP contribution is 2.34. The fourth-order valence-corrected chi connectivity index (χ4v) is 3.68. The summed E-state index contributed by atoms with van der Waals surface area (Å²) in [6, 6.07) is 0. The molecule has 1 unspecified atom stereocenters. The summed E-state index contributed by atoms with van der Waals surface area (Å²) in [6.07, 6.45) is 0.172. The molecule has 2 heterocycles. The molecule has 0 aromatic rings. The highest BCUT2D eigenvalue weighted by Gasteiger charge is 2.51. The first kappa shape index (κ1) is 15.2. The number of carboxylic acid groups (broad SMARTS) is 1. The van der Waals surface area contributed by atoms with Crippen LogP contribution in [-0.4, -0.2) is 61.4 Å². The number of rotatable bonds is 4. The third-order valence-electron chi connectivity index (χ3n) is 3.87. The van der Waals surface area contributed by atoms with Crippen molar-refractivity contribution in [2.45, 2.75) is 24.8 Å². The highest BCUT2D eigenvalue weighted by molar-refractivity contribution is 7.86. The van der Waals surface area contributed by atoms with Crippen LogP contribution in [0.15, 0.2) is 0 Å². The van der Waals surface area contributed by atoms with Gasteiger partial charge in [0.1, 0.15) is 5.54 Å². The molecule has 0 bridgehead atoms. The molecule has 1 N–H and O–H groups in total. The molecule has 1 atom stereocenters. The Morgan fingerprint density at radius 2 is 2.05 bits per heavy atom. The summed E-state index contributed by atoms with van der Waals surface area (Å²) in [7, 11) is -4.68. The van der Waals surface area contributed by atoms with E-state index in [1.807, 2.05) is 0 Å². The first-order chi connectivity index (χ1) is 9.24. The molecule has 2 aliphatic heterocycles. The van der Waals surface area contributed by atoms with E-state index >= 15 is 0 Å². The number of hydrogen-bond acceptors (Lipinski definition) is 5. The Morgan fingerprint density at radius 1 is 1.45 bits per heavy atom. The van der Waals surface area contributed by atoms with Crippen LogP contribution >= 0.6 is 0 Å². The zero-order valence-corrected chi connectivity index (χ0v) is 11.6. The van der Waals surface area contributed by atoms with Crippen molar-refractivity contribution in [3.8, 4) is 0 Å². The van der Waals surface area contributed by atoms with Crippen LogP contribution < -0.4 is 0 Å². The zero-order chi connectivity index (χ0) is 15.0. The van der Waals surface area contributed by atoms with Gasteiger partial charge >= 0.3 is 16.2 Å². The first-order valence-electron chi connectivity index (χ1n) is 6.28. The SMILES string of the molecule is O=C1CC(CS(=O)(=O)F)CN1C1(C(=O)O)CCOCC1. The molecule has 9 heteroatoms. The van der Waals surface area contributed by atoms with Crippen LogP contribution in [0.1, 0.15) is 19.3 Å². The van der Waals surface area contributed by atoms with Gasteiger partial charge in [-0.2, -0.15) is 8.42 Å². The van der Waals surface area contributed by atoms with Crippen molar-refractivity contribution in [2.75, 3.05) is 25.5 Å². The van der Waals surface area contributed by atoms with E-state index in [4.69, 9.17) is 4.74 Å². The number of ether oxygens (including phenoxy) is 1.